The van der Waals surface area contributed by atoms with Gasteiger partial charge in [-0.25, -0.2) is 13.2 Å². The third kappa shape index (κ3) is 5.92. The van der Waals surface area contributed by atoms with Crippen LogP contribution in [0.5, 0.6) is 0 Å². The van der Waals surface area contributed by atoms with Crippen LogP contribution in [0.25, 0.3) is 0 Å². The van der Waals surface area contributed by atoms with E-state index in [0.29, 0.717) is 23.1 Å². The van der Waals surface area contributed by atoms with Crippen LogP contribution in [0, 0.1) is 11.3 Å². The fourth-order valence-corrected chi connectivity index (χ4v) is 5.49. The molecular weight excluding hydrogens is 522 g/mol. The van der Waals surface area contributed by atoms with Crippen LogP contribution < -0.4 is 5.32 Å². The Hall–Kier alpha value is -3.42. The number of hydrogen-bond donors (Lipinski definition) is 2. The average Bonchev–Trinajstić information content (AvgIpc) is 3.12. The van der Waals surface area contributed by atoms with Crippen LogP contribution in [0.1, 0.15) is 53.5 Å². The van der Waals surface area contributed by atoms with E-state index in [-0.39, 0.29) is 27.3 Å². The first-order chi connectivity index (χ1) is 16.0. The normalized spacial score (nSPS) is 13.0. The van der Waals surface area contributed by atoms with E-state index < -0.39 is 21.9 Å². The largest absolute Gasteiger partial charge is 0.478 e. The number of carboxylic acid groups (broad SMARTS) is 1. The maximum atomic E-state index is 13.1. The Morgan fingerprint density at radius 1 is 1.24 bits per heavy atom. The molecule has 0 aliphatic carbocycles. The molecule has 1 aliphatic rings. The predicted molar refractivity (Wildman–Crippen MR) is 133 cm³/mol. The monoisotopic (exact) mass is 545 g/mol. The number of rotatable bonds is 5. The van der Waals surface area contributed by atoms with Crippen molar-refractivity contribution in [1.82, 2.24) is 4.31 Å². The molecule has 0 spiro atoms. The molecule has 8 nitrogen and oxygen atoms in total. The van der Waals surface area contributed by atoms with Gasteiger partial charge in [0.15, 0.2) is 0 Å². The van der Waals surface area contributed by atoms with Crippen LogP contribution in [0.3, 0.4) is 0 Å². The number of carboxylic acids is 1. The summed E-state index contributed by atoms with van der Waals surface area (Å²) in [5.41, 5.74) is 1.56. The highest BCUT2D eigenvalue weighted by molar-refractivity contribution is 9.10. The number of carbonyl (C=O) groups is 2. The topological polar surface area (TPSA) is 128 Å². The van der Waals surface area contributed by atoms with Crippen molar-refractivity contribution in [3.63, 3.8) is 0 Å². The Bertz CT molecular complexity index is 1330. The zero-order chi connectivity index (χ0) is 25.6. The number of nitrogens with one attached hydrogen (secondary N) is 1. The van der Waals surface area contributed by atoms with Crippen molar-refractivity contribution in [1.29, 1.82) is 5.26 Å². The van der Waals surface area contributed by atoms with Gasteiger partial charge in [0.05, 0.1) is 27.8 Å². The summed E-state index contributed by atoms with van der Waals surface area (Å²) in [4.78, 5) is 24.2. The van der Waals surface area contributed by atoms with Gasteiger partial charge in [-0.1, -0.05) is 27.6 Å². The first-order valence-corrected chi connectivity index (χ1v) is 12.3. The molecule has 0 aromatic heterocycles. The quantitative estimate of drug-likeness (QED) is 0.500. The molecule has 2 aromatic carbocycles. The number of amides is 1. The van der Waals surface area contributed by atoms with Gasteiger partial charge < -0.3 is 10.4 Å². The Labute approximate surface area is 207 Å². The van der Waals surface area contributed by atoms with Gasteiger partial charge in [-0.05, 0) is 63.6 Å². The number of nitriles is 1. The molecule has 0 saturated heterocycles. The first kappa shape index (κ1) is 26.8. The van der Waals surface area contributed by atoms with Crippen LogP contribution in [-0.2, 0) is 10.0 Å². The van der Waals surface area contributed by atoms with Gasteiger partial charge in [0.2, 0.25) is 0 Å². The predicted octanol–water partition coefficient (Wildman–Crippen LogP) is 5.15. The highest BCUT2D eigenvalue weighted by Gasteiger charge is 2.30. The molecule has 0 atom stereocenters. The summed E-state index contributed by atoms with van der Waals surface area (Å²) in [5.74, 6) is -1.99. The molecule has 0 radical (unpaired) electrons. The van der Waals surface area contributed by atoms with Crippen LogP contribution in [0.15, 0.2) is 69.7 Å². The van der Waals surface area contributed by atoms with E-state index >= 15 is 0 Å². The van der Waals surface area contributed by atoms with Crippen molar-refractivity contribution in [2.24, 2.45) is 0 Å². The standard InChI is InChI=1S/C21H18BrN3O5S.C3H6/c1-12-5-6-25(13(12)2)31(29,30)17-9-15(8-16(22)10-17)20(26)24-19-4-3-14(11-23)7-18(19)21(27)28;1-3-2/h3-4,7-10H,5-6H2,1-2H3,(H,24,26)(H,27,28);3H,1H2,2H3. The van der Waals surface area contributed by atoms with Gasteiger partial charge in [-0.2, -0.15) is 5.26 Å². The van der Waals surface area contributed by atoms with Gasteiger partial charge >= 0.3 is 5.97 Å². The highest BCUT2D eigenvalue weighted by Crippen LogP contribution is 2.31. The lowest BCUT2D eigenvalue weighted by Crippen LogP contribution is -2.27. The van der Waals surface area contributed by atoms with E-state index in [9.17, 15) is 23.1 Å². The molecule has 1 heterocycles. The summed E-state index contributed by atoms with van der Waals surface area (Å²) in [6, 6.07) is 9.79. The molecule has 3 rings (SSSR count). The smallest absolute Gasteiger partial charge is 0.337 e. The van der Waals surface area contributed by atoms with E-state index in [1.54, 1.807) is 13.0 Å². The van der Waals surface area contributed by atoms with Crippen molar-refractivity contribution in [3.8, 4) is 6.07 Å². The number of aromatic carboxylic acids is 1. The number of carbonyl (C=O) groups excluding carboxylic acids is 1. The number of allylic oxidation sites excluding steroid dienone is 2. The Balaban J connectivity index is 0.00000129. The molecule has 10 heteroatoms. The lowest BCUT2D eigenvalue weighted by Gasteiger charge is -2.21. The lowest BCUT2D eigenvalue weighted by molar-refractivity contribution is 0.0698. The molecule has 178 valence electrons. The fraction of sp³-hybridized carbons (Fsp3) is 0.208. The Morgan fingerprint density at radius 3 is 2.41 bits per heavy atom. The van der Waals surface area contributed by atoms with Crippen LogP contribution in [0.4, 0.5) is 5.69 Å². The zero-order valence-corrected chi connectivity index (χ0v) is 21.3. The van der Waals surface area contributed by atoms with Crippen LogP contribution >= 0.6 is 15.9 Å². The van der Waals surface area contributed by atoms with Crippen LogP contribution in [0.2, 0.25) is 0 Å². The number of nitrogens with zero attached hydrogens (tertiary/aromatic N) is 2. The molecule has 0 saturated carbocycles. The average molecular weight is 546 g/mol. The maximum Gasteiger partial charge on any atom is 0.337 e. The minimum absolute atomic E-state index is 0.00479. The van der Waals surface area contributed by atoms with Crippen molar-refractivity contribution in [3.05, 3.63) is 81.5 Å². The molecular formula is C24H24BrN3O5S. The molecule has 34 heavy (non-hydrogen) atoms. The second kappa shape index (κ2) is 11.1. The van der Waals surface area contributed by atoms with Gasteiger partial charge in [0, 0.05) is 22.3 Å². The van der Waals surface area contributed by atoms with Gasteiger partial charge in [-0.3, -0.25) is 9.10 Å². The molecule has 1 amide bonds. The number of anilines is 1. The number of sulfonamides is 1. The fourth-order valence-electron chi connectivity index (χ4n) is 3.20. The third-order valence-electron chi connectivity index (χ3n) is 5.03. The molecule has 0 fully saturated rings. The number of hydrogen-bond acceptors (Lipinski definition) is 5. The summed E-state index contributed by atoms with van der Waals surface area (Å²) >= 11 is 3.25. The Morgan fingerprint density at radius 2 is 1.88 bits per heavy atom. The molecule has 0 bridgehead atoms. The van der Waals surface area contributed by atoms with Crippen molar-refractivity contribution in [2.45, 2.75) is 32.1 Å². The van der Waals surface area contributed by atoms with Gasteiger partial charge in [0.25, 0.3) is 15.9 Å². The second-order valence-electron chi connectivity index (χ2n) is 7.41. The van der Waals surface area contributed by atoms with E-state index in [1.165, 1.54) is 34.6 Å². The van der Waals surface area contributed by atoms with Crippen molar-refractivity contribution >= 4 is 43.5 Å². The van der Waals surface area contributed by atoms with Gasteiger partial charge in [0.1, 0.15) is 0 Å². The van der Waals surface area contributed by atoms with E-state index in [2.05, 4.69) is 27.8 Å². The zero-order valence-electron chi connectivity index (χ0n) is 18.9. The summed E-state index contributed by atoms with van der Waals surface area (Å²) in [6.07, 6.45) is 2.39. The second-order valence-corrected chi connectivity index (χ2v) is 10.2. The highest BCUT2D eigenvalue weighted by atomic mass is 79.9. The molecule has 2 aromatic rings. The first-order valence-electron chi connectivity index (χ1n) is 10.1. The van der Waals surface area contributed by atoms with E-state index in [1.807, 2.05) is 19.9 Å². The third-order valence-corrected chi connectivity index (χ3v) is 7.36. The minimum Gasteiger partial charge on any atom is -0.478 e. The summed E-state index contributed by atoms with van der Waals surface area (Å²) in [7, 11) is -3.87. The SMILES string of the molecule is C=CC.CC1=C(C)N(S(=O)(=O)c2cc(Br)cc(C(=O)Nc3ccc(C#N)cc3C(=O)O)c2)CC1. The minimum atomic E-state index is -3.87. The molecule has 0 unspecified atom stereocenters. The van der Waals surface area contributed by atoms with E-state index in [0.717, 1.165) is 11.6 Å². The van der Waals surface area contributed by atoms with Gasteiger partial charge in [-0.15, -0.1) is 6.58 Å². The lowest BCUT2D eigenvalue weighted by atomic mass is 10.1. The van der Waals surface area contributed by atoms with Crippen LogP contribution in [-0.4, -0.2) is 36.3 Å². The summed E-state index contributed by atoms with van der Waals surface area (Å²) < 4.78 is 27.9. The van der Waals surface area contributed by atoms with E-state index in [4.69, 9.17) is 5.26 Å². The Kier molecular flexibility index (Phi) is 8.79. The molecule has 2 N–H and O–H groups in total. The summed E-state index contributed by atoms with van der Waals surface area (Å²) in [5, 5.41) is 20.8. The number of benzene rings is 2. The maximum absolute atomic E-state index is 13.1. The number of halogens is 1. The summed E-state index contributed by atoms with van der Waals surface area (Å²) in [6.45, 7) is 9.20. The van der Waals surface area contributed by atoms with Crippen molar-refractivity contribution < 1.29 is 23.1 Å². The molecule has 1 aliphatic heterocycles. The van der Waals surface area contributed by atoms with Crippen molar-refractivity contribution in [2.75, 3.05) is 11.9 Å².